The van der Waals surface area contributed by atoms with Crippen LogP contribution < -0.4 is 5.32 Å². The molecule has 2 aliphatic carbocycles. The van der Waals surface area contributed by atoms with Crippen molar-refractivity contribution < 1.29 is 0 Å². The first-order valence-electron chi connectivity index (χ1n) is 8.32. The van der Waals surface area contributed by atoms with Crippen LogP contribution in [0.5, 0.6) is 0 Å². The van der Waals surface area contributed by atoms with Gasteiger partial charge in [-0.3, -0.25) is 4.90 Å². The first-order chi connectivity index (χ1) is 9.83. The van der Waals surface area contributed by atoms with Crippen LogP contribution in [0.25, 0.3) is 0 Å². The summed E-state index contributed by atoms with van der Waals surface area (Å²) in [4.78, 5) is 2.74. The molecule has 0 aliphatic heterocycles. The molecule has 0 radical (unpaired) electrons. The number of nitrogens with zero attached hydrogens (tertiary/aromatic N) is 1. The molecule has 20 heavy (non-hydrogen) atoms. The number of aryl methyl sites for hydroxylation is 1. The number of nitrogens with one attached hydrogen (secondary N) is 1. The van der Waals surface area contributed by atoms with Gasteiger partial charge in [-0.15, -0.1) is 0 Å². The molecule has 2 heteroatoms. The molecule has 0 saturated heterocycles. The van der Waals surface area contributed by atoms with Crippen LogP contribution in [0, 0.1) is 5.92 Å². The molecule has 2 unspecified atom stereocenters. The topological polar surface area (TPSA) is 15.3 Å². The zero-order chi connectivity index (χ0) is 13.9. The number of hydrogen-bond acceptors (Lipinski definition) is 2. The summed E-state index contributed by atoms with van der Waals surface area (Å²) in [5.74, 6) is 0.978. The SMILES string of the molecule is CCN(CC1CC1)C1CCCc2ccccc2C1NC. The molecule has 0 amide bonds. The third-order valence-corrected chi connectivity index (χ3v) is 5.10. The smallest absolute Gasteiger partial charge is 0.0478 e. The molecule has 0 spiro atoms. The molecule has 0 heterocycles. The van der Waals surface area contributed by atoms with Crippen LogP contribution in [0.4, 0.5) is 0 Å². The Morgan fingerprint density at radius 1 is 1.20 bits per heavy atom. The van der Waals surface area contributed by atoms with Gasteiger partial charge in [0, 0.05) is 18.6 Å². The van der Waals surface area contributed by atoms with Crippen LogP contribution in [0.2, 0.25) is 0 Å². The maximum Gasteiger partial charge on any atom is 0.0478 e. The van der Waals surface area contributed by atoms with E-state index in [0.29, 0.717) is 12.1 Å². The standard InChI is InChI=1S/C18H28N2/c1-3-20(13-14-11-12-14)17-10-6-8-15-7-4-5-9-16(15)18(17)19-2/h4-5,7,9,14,17-19H,3,6,8,10-13H2,1-2H3. The number of hydrogen-bond donors (Lipinski definition) is 1. The first-order valence-corrected chi connectivity index (χ1v) is 8.32. The van der Waals surface area contributed by atoms with E-state index in [1.165, 1.54) is 50.8 Å². The number of likely N-dealkylation sites (N-methyl/N-ethyl adjacent to an activating group) is 2. The maximum atomic E-state index is 3.62. The van der Waals surface area contributed by atoms with Crippen molar-refractivity contribution in [1.82, 2.24) is 10.2 Å². The average Bonchev–Trinajstić information content (AvgIpc) is 3.30. The minimum Gasteiger partial charge on any atom is -0.312 e. The van der Waals surface area contributed by atoms with Gasteiger partial charge in [-0.25, -0.2) is 0 Å². The summed E-state index contributed by atoms with van der Waals surface area (Å²) in [6.45, 7) is 4.81. The summed E-state index contributed by atoms with van der Waals surface area (Å²) in [7, 11) is 2.13. The van der Waals surface area contributed by atoms with Gasteiger partial charge < -0.3 is 5.32 Å². The van der Waals surface area contributed by atoms with Gasteiger partial charge >= 0.3 is 0 Å². The minimum absolute atomic E-state index is 0.493. The number of benzene rings is 1. The van der Waals surface area contributed by atoms with Crippen LogP contribution in [0.1, 0.15) is 49.8 Å². The fourth-order valence-electron chi connectivity index (χ4n) is 3.81. The van der Waals surface area contributed by atoms with E-state index in [0.717, 1.165) is 5.92 Å². The Hall–Kier alpha value is -0.860. The lowest BCUT2D eigenvalue weighted by molar-refractivity contribution is 0.152. The first kappa shape index (κ1) is 14.1. The highest BCUT2D eigenvalue weighted by molar-refractivity contribution is 5.32. The van der Waals surface area contributed by atoms with Crippen molar-refractivity contribution in [2.75, 3.05) is 20.1 Å². The van der Waals surface area contributed by atoms with Gasteiger partial charge in [0.2, 0.25) is 0 Å². The van der Waals surface area contributed by atoms with Gasteiger partial charge in [-0.1, -0.05) is 31.2 Å². The summed E-state index contributed by atoms with van der Waals surface area (Å²) in [6.07, 6.45) is 6.78. The number of fused-ring (bicyclic) bond motifs is 1. The second kappa shape index (κ2) is 6.28. The lowest BCUT2D eigenvalue weighted by Crippen LogP contribution is -2.44. The molecule has 0 aromatic heterocycles. The van der Waals surface area contributed by atoms with Crippen LogP contribution in [0.3, 0.4) is 0 Å². The lowest BCUT2D eigenvalue weighted by Gasteiger charge is -2.36. The minimum atomic E-state index is 0.493. The highest BCUT2D eigenvalue weighted by Crippen LogP contribution is 2.35. The molecule has 1 saturated carbocycles. The third kappa shape index (κ3) is 2.91. The van der Waals surface area contributed by atoms with E-state index in [4.69, 9.17) is 0 Å². The Kier molecular flexibility index (Phi) is 4.42. The second-order valence-electron chi connectivity index (χ2n) is 6.46. The summed E-state index contributed by atoms with van der Waals surface area (Å²) in [5.41, 5.74) is 3.09. The summed E-state index contributed by atoms with van der Waals surface area (Å²) in [6, 6.07) is 10.2. The zero-order valence-corrected chi connectivity index (χ0v) is 12.9. The van der Waals surface area contributed by atoms with E-state index < -0.39 is 0 Å². The van der Waals surface area contributed by atoms with Crippen LogP contribution in [-0.2, 0) is 6.42 Å². The molecule has 1 fully saturated rings. The predicted molar refractivity (Wildman–Crippen MR) is 84.9 cm³/mol. The van der Waals surface area contributed by atoms with Gasteiger partial charge in [-0.05, 0) is 62.7 Å². The Morgan fingerprint density at radius 3 is 2.70 bits per heavy atom. The van der Waals surface area contributed by atoms with Gasteiger partial charge in [0.05, 0.1) is 0 Å². The zero-order valence-electron chi connectivity index (χ0n) is 12.9. The molecule has 3 rings (SSSR count). The number of rotatable bonds is 5. The van der Waals surface area contributed by atoms with Crippen molar-refractivity contribution in [3.63, 3.8) is 0 Å². The van der Waals surface area contributed by atoms with Crippen molar-refractivity contribution in [3.8, 4) is 0 Å². The summed E-state index contributed by atoms with van der Waals surface area (Å²) < 4.78 is 0. The molecule has 0 bridgehead atoms. The summed E-state index contributed by atoms with van der Waals surface area (Å²) >= 11 is 0. The molecule has 1 aromatic rings. The Bertz CT molecular complexity index is 439. The Labute approximate surface area is 123 Å². The quantitative estimate of drug-likeness (QED) is 0.827. The molecular formula is C18H28N2. The molecule has 2 atom stereocenters. The normalized spacial score (nSPS) is 26.4. The van der Waals surface area contributed by atoms with Crippen molar-refractivity contribution in [2.45, 2.75) is 51.1 Å². The highest BCUT2D eigenvalue weighted by Gasteiger charge is 2.33. The van der Waals surface area contributed by atoms with Crippen molar-refractivity contribution in [2.24, 2.45) is 5.92 Å². The molecule has 2 nitrogen and oxygen atoms in total. The van der Waals surface area contributed by atoms with E-state index in [1.807, 2.05) is 0 Å². The molecule has 1 aromatic carbocycles. The second-order valence-corrected chi connectivity index (χ2v) is 6.46. The molecule has 1 N–H and O–H groups in total. The predicted octanol–water partition coefficient (Wildman–Crippen LogP) is 3.38. The van der Waals surface area contributed by atoms with E-state index in [-0.39, 0.29) is 0 Å². The summed E-state index contributed by atoms with van der Waals surface area (Å²) in [5, 5.41) is 3.62. The fourth-order valence-corrected chi connectivity index (χ4v) is 3.81. The highest BCUT2D eigenvalue weighted by atomic mass is 15.2. The van der Waals surface area contributed by atoms with Gasteiger partial charge in [-0.2, -0.15) is 0 Å². The Balaban J connectivity index is 1.85. The van der Waals surface area contributed by atoms with Crippen molar-refractivity contribution in [3.05, 3.63) is 35.4 Å². The van der Waals surface area contributed by atoms with E-state index in [9.17, 15) is 0 Å². The fraction of sp³-hybridized carbons (Fsp3) is 0.667. The van der Waals surface area contributed by atoms with Crippen LogP contribution >= 0.6 is 0 Å². The largest absolute Gasteiger partial charge is 0.312 e. The van der Waals surface area contributed by atoms with Crippen LogP contribution in [0.15, 0.2) is 24.3 Å². The monoisotopic (exact) mass is 272 g/mol. The van der Waals surface area contributed by atoms with Crippen molar-refractivity contribution >= 4 is 0 Å². The van der Waals surface area contributed by atoms with E-state index in [1.54, 1.807) is 5.56 Å². The van der Waals surface area contributed by atoms with E-state index in [2.05, 4.69) is 48.5 Å². The Morgan fingerprint density at radius 2 is 2.00 bits per heavy atom. The van der Waals surface area contributed by atoms with E-state index >= 15 is 0 Å². The molecule has 2 aliphatic rings. The third-order valence-electron chi connectivity index (χ3n) is 5.10. The molecule has 110 valence electrons. The van der Waals surface area contributed by atoms with Gasteiger partial charge in [0.15, 0.2) is 0 Å². The van der Waals surface area contributed by atoms with Crippen LogP contribution in [-0.4, -0.2) is 31.1 Å². The average molecular weight is 272 g/mol. The maximum absolute atomic E-state index is 3.62. The van der Waals surface area contributed by atoms with Gasteiger partial charge in [0.25, 0.3) is 0 Å². The van der Waals surface area contributed by atoms with Gasteiger partial charge in [0.1, 0.15) is 0 Å². The van der Waals surface area contributed by atoms with Crippen molar-refractivity contribution in [1.29, 1.82) is 0 Å². The lowest BCUT2D eigenvalue weighted by atomic mass is 9.95. The molecular weight excluding hydrogens is 244 g/mol.